The molecule has 30 heavy (non-hydrogen) atoms. The molecule has 0 bridgehead atoms. The quantitative estimate of drug-likeness (QED) is 0.466. The Labute approximate surface area is 180 Å². The highest BCUT2D eigenvalue weighted by Gasteiger charge is 2.22. The van der Waals surface area contributed by atoms with E-state index in [0.29, 0.717) is 11.1 Å². The monoisotopic (exact) mass is 467 g/mol. The van der Waals surface area contributed by atoms with Crippen LogP contribution in [0, 0.1) is 0 Å². The first kappa shape index (κ1) is 21.6. The number of carboxylic acids is 1. The number of halogens is 1. The zero-order chi connectivity index (χ0) is 22.1. The van der Waals surface area contributed by atoms with E-state index in [-0.39, 0.29) is 25.4 Å². The molecule has 0 atom stereocenters. The zero-order valence-electron chi connectivity index (χ0n) is 15.2. The average molecular weight is 468 g/mol. The molecule has 3 N–H and O–H groups in total. The molecule has 3 aromatic rings. The molecule has 0 saturated carbocycles. The number of carboxylic acid groups (broad SMARTS) is 1. The van der Waals surface area contributed by atoms with Crippen molar-refractivity contribution in [3.05, 3.63) is 64.0 Å². The smallest absolute Gasteiger partial charge is 0.339 e. The van der Waals surface area contributed by atoms with Gasteiger partial charge in [0.1, 0.15) is 19.9 Å². The van der Waals surface area contributed by atoms with Gasteiger partial charge in [0.15, 0.2) is 0 Å². The number of aromatic carboxylic acids is 1. The van der Waals surface area contributed by atoms with Gasteiger partial charge in [-0.3, -0.25) is 4.72 Å². The molecule has 3 rings (SSSR count). The predicted molar refractivity (Wildman–Crippen MR) is 112 cm³/mol. The lowest BCUT2D eigenvalue weighted by Gasteiger charge is -2.07. The Hall–Kier alpha value is -3.08. The van der Waals surface area contributed by atoms with Gasteiger partial charge in [-0.05, 0) is 35.9 Å². The number of methoxy groups -OCH3 is 1. The van der Waals surface area contributed by atoms with Crippen LogP contribution in [-0.4, -0.2) is 37.7 Å². The van der Waals surface area contributed by atoms with E-state index in [1.807, 2.05) is 0 Å². The fourth-order valence-electron chi connectivity index (χ4n) is 2.59. The molecule has 1 heterocycles. The molecule has 0 radical (unpaired) electrons. The fraction of sp³-hybridized carbons (Fsp3) is 0.0526. The van der Waals surface area contributed by atoms with Gasteiger partial charge in [0.25, 0.3) is 10.0 Å². The maximum atomic E-state index is 12.7. The molecule has 0 aliphatic heterocycles. The van der Waals surface area contributed by atoms with Gasteiger partial charge in [0.2, 0.25) is 0 Å². The number of carbonyl (C=O) groups excluding carboxylic acids is 1. The summed E-state index contributed by atoms with van der Waals surface area (Å²) < 4.78 is 32.5. The molecule has 0 spiro atoms. The summed E-state index contributed by atoms with van der Waals surface area (Å²) in [4.78, 5) is 22.7. The van der Waals surface area contributed by atoms with Crippen molar-refractivity contribution in [1.82, 2.24) is 0 Å². The number of phenols is 1. The lowest BCUT2D eigenvalue weighted by Crippen LogP contribution is -2.11. The maximum Gasteiger partial charge on any atom is 0.339 e. The molecule has 0 unspecified atom stereocenters. The molecular weight excluding hydrogens is 454 g/mol. The minimum atomic E-state index is -4.07. The Morgan fingerprint density at radius 3 is 2.50 bits per heavy atom. The van der Waals surface area contributed by atoms with Crippen LogP contribution in [0.25, 0.3) is 11.1 Å². The van der Waals surface area contributed by atoms with Gasteiger partial charge in [-0.25, -0.2) is 18.0 Å². The number of hydrogen-bond acceptors (Lipinski definition) is 7. The SMILES string of the molecule is COC(=O)c1cccc(-c2cc(S(=O)(=O)Nc3ccc(C(=O)O)c(O)c3)sc2Cl)c1. The lowest BCUT2D eigenvalue weighted by atomic mass is 10.1. The normalized spacial score (nSPS) is 11.1. The Kier molecular flexibility index (Phi) is 6.01. The first-order valence-corrected chi connectivity index (χ1v) is 10.9. The van der Waals surface area contributed by atoms with E-state index in [9.17, 15) is 23.1 Å². The van der Waals surface area contributed by atoms with Gasteiger partial charge in [0.05, 0.1) is 18.4 Å². The molecule has 0 saturated heterocycles. The summed E-state index contributed by atoms with van der Waals surface area (Å²) in [5.74, 6) is -2.46. The minimum absolute atomic E-state index is 0.0174. The van der Waals surface area contributed by atoms with Crippen molar-refractivity contribution in [1.29, 1.82) is 0 Å². The summed E-state index contributed by atoms with van der Waals surface area (Å²) in [5.41, 5.74) is 0.857. The molecule has 0 aliphatic carbocycles. The third-order valence-corrected chi connectivity index (χ3v) is 7.22. The number of hydrogen-bond donors (Lipinski definition) is 3. The third-order valence-electron chi connectivity index (χ3n) is 4.00. The minimum Gasteiger partial charge on any atom is -0.507 e. The Morgan fingerprint density at radius 2 is 1.87 bits per heavy atom. The average Bonchev–Trinajstić information content (AvgIpc) is 3.09. The number of esters is 1. The van der Waals surface area contributed by atoms with Crippen LogP contribution in [0.4, 0.5) is 5.69 Å². The number of nitrogens with one attached hydrogen (secondary N) is 1. The van der Waals surface area contributed by atoms with E-state index in [0.717, 1.165) is 23.5 Å². The van der Waals surface area contributed by atoms with E-state index in [1.54, 1.807) is 18.2 Å². The van der Waals surface area contributed by atoms with Crippen LogP contribution in [0.2, 0.25) is 4.34 Å². The molecule has 2 aromatic carbocycles. The van der Waals surface area contributed by atoms with E-state index in [4.69, 9.17) is 16.7 Å². The maximum absolute atomic E-state index is 12.7. The van der Waals surface area contributed by atoms with Crippen LogP contribution in [0.3, 0.4) is 0 Å². The topological polar surface area (TPSA) is 130 Å². The molecule has 1 aromatic heterocycles. The summed E-state index contributed by atoms with van der Waals surface area (Å²) in [5, 5.41) is 18.7. The summed E-state index contributed by atoms with van der Waals surface area (Å²) in [6.07, 6.45) is 0. The second-order valence-corrected chi connectivity index (χ2v) is 9.53. The second kappa shape index (κ2) is 8.34. The number of anilines is 1. The number of thiophene rings is 1. The summed E-state index contributed by atoms with van der Waals surface area (Å²) in [6, 6.07) is 11.0. The second-order valence-electron chi connectivity index (χ2n) is 5.97. The van der Waals surface area contributed by atoms with E-state index < -0.39 is 27.7 Å². The van der Waals surface area contributed by atoms with Crippen LogP contribution >= 0.6 is 22.9 Å². The highest BCUT2D eigenvalue weighted by molar-refractivity contribution is 7.94. The van der Waals surface area contributed by atoms with Gasteiger partial charge in [-0.1, -0.05) is 23.7 Å². The van der Waals surface area contributed by atoms with Gasteiger partial charge < -0.3 is 14.9 Å². The number of sulfonamides is 1. The Morgan fingerprint density at radius 1 is 1.13 bits per heavy atom. The van der Waals surface area contributed by atoms with Crippen LogP contribution in [0.1, 0.15) is 20.7 Å². The van der Waals surface area contributed by atoms with Crippen molar-refractivity contribution < 1.29 is 33.0 Å². The first-order valence-electron chi connectivity index (χ1n) is 8.19. The third kappa shape index (κ3) is 4.40. The molecular formula is C19H14ClNO7S2. The number of aromatic hydroxyl groups is 1. The van der Waals surface area contributed by atoms with Crippen LogP contribution < -0.4 is 4.72 Å². The van der Waals surface area contributed by atoms with Gasteiger partial charge >= 0.3 is 11.9 Å². The predicted octanol–water partition coefficient (Wildman–Crippen LogP) is 4.06. The molecule has 0 amide bonds. The molecule has 11 heteroatoms. The number of carbonyl (C=O) groups is 2. The van der Waals surface area contributed by atoms with Crippen molar-refractivity contribution >= 4 is 50.6 Å². The summed E-state index contributed by atoms with van der Waals surface area (Å²) >= 11 is 7.05. The molecule has 8 nitrogen and oxygen atoms in total. The number of ether oxygens (including phenoxy) is 1. The largest absolute Gasteiger partial charge is 0.507 e. The molecule has 0 fully saturated rings. The summed E-state index contributed by atoms with van der Waals surface area (Å²) in [7, 11) is -2.82. The molecule has 156 valence electrons. The van der Waals surface area contributed by atoms with Gasteiger partial charge in [-0.2, -0.15) is 0 Å². The van der Waals surface area contributed by atoms with Crippen molar-refractivity contribution in [3.63, 3.8) is 0 Å². The van der Waals surface area contributed by atoms with E-state index in [1.165, 1.54) is 25.3 Å². The fourth-order valence-corrected chi connectivity index (χ4v) is 5.40. The summed E-state index contributed by atoms with van der Waals surface area (Å²) in [6.45, 7) is 0. The van der Waals surface area contributed by atoms with Crippen molar-refractivity contribution in [3.8, 4) is 16.9 Å². The first-order chi connectivity index (χ1) is 14.1. The van der Waals surface area contributed by atoms with E-state index >= 15 is 0 Å². The van der Waals surface area contributed by atoms with Crippen LogP contribution in [0.15, 0.2) is 52.7 Å². The standard InChI is InChI=1S/C19H14ClNO7S2/c1-28-19(25)11-4-2-3-10(7-11)14-9-16(29-17(14)20)30(26,27)21-12-5-6-13(18(23)24)15(22)8-12/h2-9,21-22H,1H3,(H,23,24). The van der Waals surface area contributed by atoms with Crippen molar-refractivity contribution in [2.45, 2.75) is 4.21 Å². The van der Waals surface area contributed by atoms with Gasteiger partial charge in [0, 0.05) is 11.6 Å². The van der Waals surface area contributed by atoms with Crippen molar-refractivity contribution in [2.24, 2.45) is 0 Å². The zero-order valence-corrected chi connectivity index (χ0v) is 17.6. The Bertz CT molecular complexity index is 1250. The van der Waals surface area contributed by atoms with E-state index in [2.05, 4.69) is 9.46 Å². The highest BCUT2D eigenvalue weighted by Crippen LogP contribution is 2.39. The Balaban J connectivity index is 1.93. The van der Waals surface area contributed by atoms with Crippen molar-refractivity contribution in [2.75, 3.05) is 11.8 Å². The molecule has 0 aliphatic rings. The number of rotatable bonds is 6. The van der Waals surface area contributed by atoms with Gasteiger partial charge in [-0.15, -0.1) is 11.3 Å². The van der Waals surface area contributed by atoms with Crippen LogP contribution in [-0.2, 0) is 14.8 Å². The lowest BCUT2D eigenvalue weighted by molar-refractivity contribution is 0.0599. The van der Waals surface area contributed by atoms with Crippen LogP contribution in [0.5, 0.6) is 5.75 Å². The number of benzene rings is 2. The highest BCUT2D eigenvalue weighted by atomic mass is 35.5.